The molecule has 0 saturated carbocycles. The normalized spacial score (nSPS) is 12.3. The van der Waals surface area contributed by atoms with Crippen molar-refractivity contribution in [1.82, 2.24) is 5.32 Å². The second kappa shape index (κ2) is 4.73. The minimum atomic E-state index is -0.0994. The first-order valence-electron chi connectivity index (χ1n) is 3.75. The van der Waals surface area contributed by atoms with Crippen LogP contribution in [0.25, 0.3) is 0 Å². The van der Waals surface area contributed by atoms with Gasteiger partial charge in [-0.15, -0.1) is 0 Å². The third-order valence-electron chi connectivity index (χ3n) is 1.33. The first-order chi connectivity index (χ1) is 5.07. The molecule has 0 rings (SSSR count). The molecule has 0 bridgehead atoms. The quantitative estimate of drug-likeness (QED) is 0.666. The van der Waals surface area contributed by atoms with Crippen LogP contribution in [0.1, 0.15) is 22.2 Å². The molecule has 0 aromatic heterocycles. The molecule has 0 saturated heterocycles. The molecular formula is C8H16N2O. The van der Waals surface area contributed by atoms with E-state index in [0.29, 0.717) is 6.54 Å². The summed E-state index contributed by atoms with van der Waals surface area (Å²) in [6, 6.07) is 2.04. The summed E-state index contributed by atoms with van der Waals surface area (Å²) >= 11 is 0. The number of rotatable bonds is 3. The van der Waals surface area contributed by atoms with Crippen LogP contribution >= 0.6 is 0 Å². The standard InChI is InChI=1S/C8H14N2O.H2/c1-6(2)8(11)10-5-7(3)4-9;/h6-7H,5H2,1-3H3,(H,10,11);1H/t7-;/m0./s1. The zero-order valence-corrected chi connectivity index (χ0v) is 7.22. The maximum atomic E-state index is 10.9. The fourth-order valence-corrected chi connectivity index (χ4v) is 0.503. The van der Waals surface area contributed by atoms with Crippen LogP contribution < -0.4 is 5.32 Å². The van der Waals surface area contributed by atoms with Crippen LogP contribution in [0.4, 0.5) is 0 Å². The average molecular weight is 156 g/mol. The number of hydrogen-bond acceptors (Lipinski definition) is 2. The highest BCUT2D eigenvalue weighted by atomic mass is 16.1. The molecule has 0 aliphatic heterocycles. The van der Waals surface area contributed by atoms with Gasteiger partial charge in [0.15, 0.2) is 0 Å². The van der Waals surface area contributed by atoms with E-state index in [9.17, 15) is 4.79 Å². The van der Waals surface area contributed by atoms with Gasteiger partial charge in [0.05, 0.1) is 12.0 Å². The third-order valence-corrected chi connectivity index (χ3v) is 1.33. The lowest BCUT2D eigenvalue weighted by atomic mass is 10.2. The minimum absolute atomic E-state index is 0. The van der Waals surface area contributed by atoms with E-state index in [1.807, 2.05) is 19.9 Å². The molecule has 0 radical (unpaired) electrons. The largest absolute Gasteiger partial charge is 0.355 e. The molecule has 0 aliphatic rings. The molecular weight excluding hydrogens is 140 g/mol. The van der Waals surface area contributed by atoms with E-state index in [2.05, 4.69) is 5.32 Å². The van der Waals surface area contributed by atoms with E-state index in [-0.39, 0.29) is 19.2 Å². The van der Waals surface area contributed by atoms with E-state index >= 15 is 0 Å². The molecule has 1 amide bonds. The Hall–Kier alpha value is -1.04. The van der Waals surface area contributed by atoms with Crippen molar-refractivity contribution in [3.8, 4) is 6.07 Å². The number of carbonyl (C=O) groups is 1. The SMILES string of the molecule is CC(C)C(=O)NC[C@@H](C)C#N.[HH]. The van der Waals surface area contributed by atoms with Gasteiger partial charge in [-0.1, -0.05) is 13.8 Å². The van der Waals surface area contributed by atoms with E-state index in [0.717, 1.165) is 0 Å². The molecule has 64 valence electrons. The van der Waals surface area contributed by atoms with Crippen molar-refractivity contribution >= 4 is 5.91 Å². The Labute approximate surface area is 68.9 Å². The van der Waals surface area contributed by atoms with Gasteiger partial charge in [0.25, 0.3) is 0 Å². The highest BCUT2D eigenvalue weighted by Crippen LogP contribution is 1.93. The van der Waals surface area contributed by atoms with Crippen molar-refractivity contribution in [3.63, 3.8) is 0 Å². The van der Waals surface area contributed by atoms with Crippen LogP contribution in [0, 0.1) is 23.2 Å². The fourth-order valence-electron chi connectivity index (χ4n) is 0.503. The number of nitrogens with one attached hydrogen (secondary N) is 1. The van der Waals surface area contributed by atoms with Gasteiger partial charge in [-0.2, -0.15) is 5.26 Å². The van der Waals surface area contributed by atoms with Crippen molar-refractivity contribution in [2.45, 2.75) is 20.8 Å². The Morgan fingerprint density at radius 3 is 2.55 bits per heavy atom. The van der Waals surface area contributed by atoms with Gasteiger partial charge in [-0.25, -0.2) is 0 Å². The van der Waals surface area contributed by atoms with E-state index < -0.39 is 0 Å². The molecule has 0 aromatic carbocycles. The van der Waals surface area contributed by atoms with Gasteiger partial charge < -0.3 is 5.32 Å². The van der Waals surface area contributed by atoms with Crippen molar-refractivity contribution in [2.24, 2.45) is 11.8 Å². The fraction of sp³-hybridized carbons (Fsp3) is 0.750. The molecule has 3 heteroatoms. The van der Waals surface area contributed by atoms with Gasteiger partial charge in [0, 0.05) is 13.9 Å². The van der Waals surface area contributed by atoms with E-state index in [1.54, 1.807) is 6.92 Å². The summed E-state index contributed by atoms with van der Waals surface area (Å²) in [4.78, 5) is 10.9. The lowest BCUT2D eigenvalue weighted by molar-refractivity contribution is -0.124. The maximum Gasteiger partial charge on any atom is 0.222 e. The zero-order chi connectivity index (χ0) is 8.85. The van der Waals surface area contributed by atoms with E-state index in [1.165, 1.54) is 0 Å². The second-order valence-electron chi connectivity index (χ2n) is 2.93. The predicted octanol–water partition coefficient (Wildman–Crippen LogP) is 1.16. The van der Waals surface area contributed by atoms with Crippen LogP contribution in [0.15, 0.2) is 0 Å². The molecule has 0 unspecified atom stereocenters. The van der Waals surface area contributed by atoms with Crippen molar-refractivity contribution in [3.05, 3.63) is 0 Å². The smallest absolute Gasteiger partial charge is 0.222 e. The molecule has 0 fully saturated rings. The van der Waals surface area contributed by atoms with Crippen molar-refractivity contribution < 1.29 is 6.22 Å². The average Bonchev–Trinajstić information content (AvgIpc) is 1.99. The summed E-state index contributed by atoms with van der Waals surface area (Å²) in [5.41, 5.74) is 0. The number of amides is 1. The molecule has 0 spiro atoms. The van der Waals surface area contributed by atoms with Crippen LogP contribution in [0.2, 0.25) is 0 Å². The number of hydrogen-bond donors (Lipinski definition) is 1. The molecule has 0 aliphatic carbocycles. The predicted molar refractivity (Wildman–Crippen MR) is 44.7 cm³/mol. The summed E-state index contributed by atoms with van der Waals surface area (Å²) in [5, 5.41) is 11.1. The Morgan fingerprint density at radius 1 is 1.64 bits per heavy atom. The lowest BCUT2D eigenvalue weighted by Gasteiger charge is -2.07. The van der Waals surface area contributed by atoms with Crippen molar-refractivity contribution in [2.75, 3.05) is 6.54 Å². The summed E-state index contributed by atoms with van der Waals surface area (Å²) in [6.45, 7) is 5.88. The monoisotopic (exact) mass is 156 g/mol. The molecule has 3 nitrogen and oxygen atoms in total. The molecule has 0 heterocycles. The van der Waals surface area contributed by atoms with Crippen LogP contribution in [-0.4, -0.2) is 12.5 Å². The van der Waals surface area contributed by atoms with Crippen molar-refractivity contribution in [1.29, 1.82) is 5.26 Å². The molecule has 1 atom stereocenters. The second-order valence-corrected chi connectivity index (χ2v) is 2.93. The molecule has 1 N–H and O–H groups in total. The van der Waals surface area contributed by atoms with Gasteiger partial charge in [0.2, 0.25) is 5.91 Å². The van der Waals surface area contributed by atoms with Gasteiger partial charge in [-0.3, -0.25) is 4.79 Å². The Balaban J connectivity index is 0. The first-order valence-corrected chi connectivity index (χ1v) is 3.75. The van der Waals surface area contributed by atoms with Gasteiger partial charge in [-0.05, 0) is 6.92 Å². The summed E-state index contributed by atoms with van der Waals surface area (Å²) in [7, 11) is 0. The van der Waals surface area contributed by atoms with E-state index in [4.69, 9.17) is 5.26 Å². The number of nitriles is 1. The summed E-state index contributed by atoms with van der Waals surface area (Å²) < 4.78 is 0. The first kappa shape index (κ1) is 9.96. The Kier molecular flexibility index (Phi) is 4.28. The third kappa shape index (κ3) is 4.38. The van der Waals surface area contributed by atoms with Crippen LogP contribution in [0.3, 0.4) is 0 Å². The number of nitrogens with zero attached hydrogens (tertiary/aromatic N) is 1. The minimum Gasteiger partial charge on any atom is -0.355 e. The van der Waals surface area contributed by atoms with Crippen LogP contribution in [-0.2, 0) is 4.79 Å². The zero-order valence-electron chi connectivity index (χ0n) is 7.22. The maximum absolute atomic E-state index is 10.9. The summed E-state index contributed by atoms with van der Waals surface area (Å²) in [6.07, 6.45) is 0. The number of carbonyl (C=O) groups excluding carboxylic acids is 1. The highest BCUT2D eigenvalue weighted by Gasteiger charge is 2.07. The lowest BCUT2D eigenvalue weighted by Crippen LogP contribution is -2.31. The highest BCUT2D eigenvalue weighted by molar-refractivity contribution is 5.77. The van der Waals surface area contributed by atoms with Crippen LogP contribution in [0.5, 0.6) is 0 Å². The Morgan fingerprint density at radius 2 is 2.18 bits per heavy atom. The van der Waals surface area contributed by atoms with Gasteiger partial charge >= 0.3 is 0 Å². The molecule has 0 aromatic rings. The Bertz CT molecular complexity index is 174. The molecule has 11 heavy (non-hydrogen) atoms. The van der Waals surface area contributed by atoms with Gasteiger partial charge in [0.1, 0.15) is 0 Å². The summed E-state index contributed by atoms with van der Waals surface area (Å²) in [5.74, 6) is -0.0920. The topological polar surface area (TPSA) is 52.9 Å².